The minimum atomic E-state index is -0.897. The average molecular weight is 499 g/mol. The standard InChI is InChI=1S/C29H30N4O4/c1-19-7-10-24-25(33(19)28(34)21-8-9-21)11-12-26(27(24)37-23-5-3-2-4-6-23)32-18-22(17-30-32)20-13-15-31(16-14-20)29(35)36/h2-6,11-13,17-19,21H,7-10,14-16H2,1H3,(H,35,36)/t19-/m0/s1. The first-order chi connectivity index (χ1) is 18.0. The third-order valence-corrected chi connectivity index (χ3v) is 7.53. The molecule has 1 atom stereocenters. The number of hydrogen-bond acceptors (Lipinski definition) is 4. The summed E-state index contributed by atoms with van der Waals surface area (Å²) in [6.07, 6.45) is 9.12. The zero-order valence-electron chi connectivity index (χ0n) is 20.8. The van der Waals surface area contributed by atoms with Gasteiger partial charge in [0.05, 0.1) is 11.9 Å². The summed E-state index contributed by atoms with van der Waals surface area (Å²) in [5, 5.41) is 13.9. The van der Waals surface area contributed by atoms with Crippen LogP contribution in [-0.2, 0) is 11.2 Å². The molecule has 0 radical (unpaired) electrons. The summed E-state index contributed by atoms with van der Waals surface area (Å²) < 4.78 is 8.33. The fourth-order valence-corrected chi connectivity index (χ4v) is 5.28. The molecule has 3 aromatic rings. The van der Waals surface area contributed by atoms with Gasteiger partial charge in [0.15, 0.2) is 5.75 Å². The number of fused-ring (bicyclic) bond motifs is 1. The number of carbonyl (C=O) groups excluding carboxylic acids is 1. The van der Waals surface area contributed by atoms with E-state index < -0.39 is 6.09 Å². The predicted octanol–water partition coefficient (Wildman–Crippen LogP) is 5.51. The van der Waals surface area contributed by atoms with Crippen molar-refractivity contribution in [3.8, 4) is 17.2 Å². The second kappa shape index (κ2) is 9.42. The molecule has 2 aliphatic heterocycles. The Kier molecular flexibility index (Phi) is 5.94. The molecule has 1 aliphatic carbocycles. The van der Waals surface area contributed by atoms with Gasteiger partial charge in [0.25, 0.3) is 0 Å². The number of hydrogen-bond donors (Lipinski definition) is 1. The summed E-state index contributed by atoms with van der Waals surface area (Å²) in [5.74, 6) is 1.80. The minimum absolute atomic E-state index is 0.140. The molecule has 1 N–H and O–H groups in total. The molecule has 1 aromatic heterocycles. The van der Waals surface area contributed by atoms with Crippen LogP contribution in [0.3, 0.4) is 0 Å². The van der Waals surface area contributed by atoms with E-state index in [-0.39, 0.29) is 17.9 Å². The summed E-state index contributed by atoms with van der Waals surface area (Å²) in [6, 6.07) is 13.9. The van der Waals surface area contributed by atoms with Crippen molar-refractivity contribution >= 4 is 23.3 Å². The zero-order valence-corrected chi connectivity index (χ0v) is 20.8. The third-order valence-electron chi connectivity index (χ3n) is 7.53. The van der Waals surface area contributed by atoms with E-state index in [1.807, 2.05) is 70.5 Å². The van der Waals surface area contributed by atoms with E-state index in [2.05, 4.69) is 12.0 Å². The lowest BCUT2D eigenvalue weighted by atomic mass is 9.94. The lowest BCUT2D eigenvalue weighted by molar-refractivity contribution is -0.120. The Balaban J connectivity index is 1.40. The monoisotopic (exact) mass is 498 g/mol. The highest BCUT2D eigenvalue weighted by atomic mass is 16.5. The Morgan fingerprint density at radius 3 is 2.51 bits per heavy atom. The third kappa shape index (κ3) is 4.48. The highest BCUT2D eigenvalue weighted by Gasteiger charge is 2.39. The van der Waals surface area contributed by atoms with Crippen LogP contribution in [0, 0.1) is 5.92 Å². The number of para-hydroxylation sites is 1. The molecule has 0 unspecified atom stereocenters. The minimum Gasteiger partial charge on any atom is -0.465 e. The molecule has 3 aliphatic rings. The van der Waals surface area contributed by atoms with Crippen LogP contribution in [0.2, 0.25) is 0 Å². The molecule has 0 saturated heterocycles. The van der Waals surface area contributed by atoms with Crippen LogP contribution >= 0.6 is 0 Å². The molecule has 37 heavy (non-hydrogen) atoms. The zero-order chi connectivity index (χ0) is 25.5. The van der Waals surface area contributed by atoms with Gasteiger partial charge in [-0.15, -0.1) is 0 Å². The van der Waals surface area contributed by atoms with E-state index in [1.54, 1.807) is 0 Å². The molecule has 2 aromatic carbocycles. The van der Waals surface area contributed by atoms with Crippen molar-refractivity contribution in [1.29, 1.82) is 0 Å². The lowest BCUT2D eigenvalue weighted by Gasteiger charge is -2.36. The Hall–Kier alpha value is -4.07. The molecule has 8 nitrogen and oxygen atoms in total. The summed E-state index contributed by atoms with van der Waals surface area (Å²) >= 11 is 0. The predicted molar refractivity (Wildman–Crippen MR) is 140 cm³/mol. The van der Waals surface area contributed by atoms with Crippen LogP contribution < -0.4 is 9.64 Å². The van der Waals surface area contributed by atoms with Gasteiger partial charge >= 0.3 is 6.09 Å². The quantitative estimate of drug-likeness (QED) is 0.501. The van der Waals surface area contributed by atoms with Gasteiger partial charge in [0.1, 0.15) is 11.4 Å². The number of aromatic nitrogens is 2. The normalized spacial score (nSPS) is 19.3. The van der Waals surface area contributed by atoms with Crippen LogP contribution in [0.25, 0.3) is 11.3 Å². The van der Waals surface area contributed by atoms with E-state index in [9.17, 15) is 14.7 Å². The number of rotatable bonds is 5. The van der Waals surface area contributed by atoms with Crippen LogP contribution in [-0.4, -0.2) is 50.9 Å². The van der Waals surface area contributed by atoms with Crippen LogP contribution in [0.15, 0.2) is 60.9 Å². The molecule has 190 valence electrons. The molecule has 0 bridgehead atoms. The number of carboxylic acid groups (broad SMARTS) is 1. The Bertz CT molecular complexity index is 1380. The molecule has 2 amide bonds. The largest absolute Gasteiger partial charge is 0.465 e. The average Bonchev–Trinajstić information content (AvgIpc) is 3.66. The van der Waals surface area contributed by atoms with Crippen molar-refractivity contribution in [1.82, 2.24) is 14.7 Å². The van der Waals surface area contributed by atoms with Gasteiger partial charge < -0.3 is 19.6 Å². The molecule has 1 saturated carbocycles. The van der Waals surface area contributed by atoms with Gasteiger partial charge in [-0.3, -0.25) is 4.79 Å². The molecular weight excluding hydrogens is 468 g/mol. The van der Waals surface area contributed by atoms with Crippen LogP contribution in [0.5, 0.6) is 11.5 Å². The molecule has 0 spiro atoms. The summed E-state index contributed by atoms with van der Waals surface area (Å²) in [6.45, 7) is 2.97. The van der Waals surface area contributed by atoms with Crippen molar-refractivity contribution < 1.29 is 19.4 Å². The van der Waals surface area contributed by atoms with Gasteiger partial charge in [-0.1, -0.05) is 24.3 Å². The Morgan fingerprint density at radius 2 is 1.81 bits per heavy atom. The summed E-state index contributed by atoms with van der Waals surface area (Å²) in [5.41, 5.74) is 4.82. The van der Waals surface area contributed by atoms with Gasteiger partial charge in [-0.25, -0.2) is 9.48 Å². The first-order valence-electron chi connectivity index (χ1n) is 12.9. The fourth-order valence-electron chi connectivity index (χ4n) is 5.28. The number of benzene rings is 2. The van der Waals surface area contributed by atoms with Gasteiger partial charge in [-0.05, 0) is 68.9 Å². The van der Waals surface area contributed by atoms with Gasteiger partial charge in [0, 0.05) is 42.4 Å². The maximum atomic E-state index is 13.2. The van der Waals surface area contributed by atoms with Crippen molar-refractivity contribution in [2.45, 2.75) is 45.1 Å². The highest BCUT2D eigenvalue weighted by molar-refractivity contribution is 5.98. The smallest absolute Gasteiger partial charge is 0.407 e. The summed E-state index contributed by atoms with van der Waals surface area (Å²) in [4.78, 5) is 27.9. The molecular formula is C29H30N4O4. The van der Waals surface area contributed by atoms with Gasteiger partial charge in [0.2, 0.25) is 5.91 Å². The number of carbonyl (C=O) groups is 2. The highest BCUT2D eigenvalue weighted by Crippen LogP contribution is 2.44. The van der Waals surface area contributed by atoms with Crippen LogP contribution in [0.4, 0.5) is 10.5 Å². The SMILES string of the molecule is C[C@H]1CCc2c(ccc(-n3cc(C4=CCN(C(=O)O)CC4)cn3)c2Oc2ccccc2)N1C(=O)C1CC1. The first-order valence-corrected chi connectivity index (χ1v) is 12.9. The number of amides is 2. The van der Waals surface area contributed by atoms with E-state index in [1.165, 1.54) is 4.90 Å². The number of anilines is 1. The second-order valence-electron chi connectivity index (χ2n) is 10.1. The maximum Gasteiger partial charge on any atom is 0.407 e. The lowest BCUT2D eigenvalue weighted by Crippen LogP contribution is -2.43. The first kappa shape index (κ1) is 23.3. The van der Waals surface area contributed by atoms with Crippen molar-refractivity contribution in [3.63, 3.8) is 0 Å². The van der Waals surface area contributed by atoms with E-state index in [0.717, 1.165) is 59.5 Å². The van der Waals surface area contributed by atoms with E-state index >= 15 is 0 Å². The van der Waals surface area contributed by atoms with Crippen LogP contribution in [0.1, 0.15) is 43.7 Å². The topological polar surface area (TPSA) is 87.9 Å². The van der Waals surface area contributed by atoms with Crippen molar-refractivity contribution in [2.24, 2.45) is 5.92 Å². The maximum absolute atomic E-state index is 13.2. The van der Waals surface area contributed by atoms with E-state index in [0.29, 0.717) is 25.3 Å². The van der Waals surface area contributed by atoms with E-state index in [4.69, 9.17) is 4.74 Å². The second-order valence-corrected chi connectivity index (χ2v) is 10.1. The fraction of sp³-hybridized carbons (Fsp3) is 0.345. The molecule has 1 fully saturated rings. The summed E-state index contributed by atoms with van der Waals surface area (Å²) in [7, 11) is 0. The van der Waals surface area contributed by atoms with Gasteiger partial charge in [-0.2, -0.15) is 5.10 Å². The molecule has 6 rings (SSSR count). The molecule has 8 heteroatoms. The van der Waals surface area contributed by atoms with Crippen molar-refractivity contribution in [3.05, 3.63) is 72.1 Å². The number of nitrogens with zero attached hydrogens (tertiary/aromatic N) is 4. The Morgan fingerprint density at radius 1 is 1.03 bits per heavy atom. The van der Waals surface area contributed by atoms with Crippen molar-refractivity contribution in [2.75, 3.05) is 18.0 Å². The number of ether oxygens (including phenoxy) is 1. The Labute approximate surface area is 215 Å². The molecule has 3 heterocycles.